The van der Waals surface area contributed by atoms with E-state index in [1.807, 2.05) is 30.3 Å². The van der Waals surface area contributed by atoms with Gasteiger partial charge in [-0.05, 0) is 41.5 Å². The second-order valence-electron chi connectivity index (χ2n) is 8.32. The molecule has 1 aliphatic heterocycles. The van der Waals surface area contributed by atoms with Crippen LogP contribution in [0.1, 0.15) is 43.8 Å². The molecule has 1 amide bonds. The maximum absolute atomic E-state index is 14.0. The van der Waals surface area contributed by atoms with Crippen LogP contribution in [0.2, 0.25) is 0 Å². The molecule has 0 bridgehead atoms. The molecule has 0 radical (unpaired) electrons. The van der Waals surface area contributed by atoms with Crippen molar-refractivity contribution in [2.45, 2.75) is 13.0 Å². The summed E-state index contributed by atoms with van der Waals surface area (Å²) >= 11 is 0. The molecule has 5 aromatic rings. The summed E-state index contributed by atoms with van der Waals surface area (Å²) in [6, 6.07) is 18.4. The minimum Gasteiger partial charge on any atom is -0.465 e. The predicted octanol–water partition coefficient (Wildman–Crippen LogP) is 4.78. The van der Waals surface area contributed by atoms with Crippen molar-refractivity contribution in [3.8, 4) is 0 Å². The van der Waals surface area contributed by atoms with Gasteiger partial charge in [-0.25, -0.2) is 4.79 Å². The van der Waals surface area contributed by atoms with Crippen molar-refractivity contribution in [3.05, 3.63) is 105 Å². The third-order valence-electron chi connectivity index (χ3n) is 6.27. The molecule has 1 aliphatic rings. The first-order valence-electron chi connectivity index (χ1n) is 10.9. The van der Waals surface area contributed by atoms with Gasteiger partial charge in [0.2, 0.25) is 5.76 Å². The van der Waals surface area contributed by atoms with Crippen molar-refractivity contribution in [2.75, 3.05) is 12.0 Å². The van der Waals surface area contributed by atoms with Gasteiger partial charge in [0, 0.05) is 6.07 Å². The van der Waals surface area contributed by atoms with Crippen LogP contribution >= 0.6 is 0 Å². The van der Waals surface area contributed by atoms with Gasteiger partial charge in [-0.3, -0.25) is 14.5 Å². The highest BCUT2D eigenvalue weighted by Crippen LogP contribution is 2.41. The van der Waals surface area contributed by atoms with Crippen molar-refractivity contribution in [3.63, 3.8) is 0 Å². The highest BCUT2D eigenvalue weighted by atomic mass is 16.5. The first kappa shape index (κ1) is 20.9. The van der Waals surface area contributed by atoms with Crippen molar-refractivity contribution in [1.29, 1.82) is 0 Å². The number of methoxy groups -OCH3 is 1. The number of ether oxygens (including phenoxy) is 1. The lowest BCUT2D eigenvalue weighted by Crippen LogP contribution is -2.29. The van der Waals surface area contributed by atoms with Gasteiger partial charge in [0.05, 0.1) is 29.7 Å². The molecule has 0 spiro atoms. The summed E-state index contributed by atoms with van der Waals surface area (Å²) in [7, 11) is 1.30. The van der Waals surface area contributed by atoms with E-state index in [1.165, 1.54) is 12.0 Å². The summed E-state index contributed by atoms with van der Waals surface area (Å²) in [5.74, 6) is -0.253. The Kier molecular flexibility index (Phi) is 4.57. The van der Waals surface area contributed by atoms with E-state index in [0.717, 1.165) is 10.8 Å². The number of hydrogen-bond donors (Lipinski definition) is 0. The Morgan fingerprint density at radius 1 is 1.03 bits per heavy atom. The number of aryl methyl sites for hydroxylation is 1. The van der Waals surface area contributed by atoms with Gasteiger partial charge in [0.15, 0.2) is 11.2 Å². The van der Waals surface area contributed by atoms with E-state index in [9.17, 15) is 14.4 Å². The number of fused-ring (bicyclic) bond motifs is 4. The predicted molar refractivity (Wildman–Crippen MR) is 128 cm³/mol. The monoisotopic (exact) mass is 466 g/mol. The average molecular weight is 466 g/mol. The molecule has 8 heteroatoms. The summed E-state index contributed by atoms with van der Waals surface area (Å²) in [4.78, 5) is 40.9. The smallest absolute Gasteiger partial charge is 0.337 e. The van der Waals surface area contributed by atoms with Gasteiger partial charge < -0.3 is 13.7 Å². The summed E-state index contributed by atoms with van der Waals surface area (Å²) in [5, 5.41) is 6.06. The fourth-order valence-electron chi connectivity index (χ4n) is 4.67. The van der Waals surface area contributed by atoms with Crippen molar-refractivity contribution in [1.82, 2.24) is 5.16 Å². The molecule has 8 nitrogen and oxygen atoms in total. The van der Waals surface area contributed by atoms with Crippen LogP contribution in [0.15, 0.2) is 80.5 Å². The van der Waals surface area contributed by atoms with Gasteiger partial charge in [0.1, 0.15) is 11.3 Å². The molecule has 1 unspecified atom stereocenters. The first-order chi connectivity index (χ1) is 17.0. The van der Waals surface area contributed by atoms with Crippen molar-refractivity contribution < 1.29 is 23.3 Å². The number of hydrogen-bond acceptors (Lipinski definition) is 7. The Morgan fingerprint density at radius 3 is 2.51 bits per heavy atom. The third-order valence-corrected chi connectivity index (χ3v) is 6.27. The molecule has 0 fully saturated rings. The van der Waals surface area contributed by atoms with Gasteiger partial charge in [-0.2, -0.15) is 0 Å². The van der Waals surface area contributed by atoms with Gasteiger partial charge in [0.25, 0.3) is 5.91 Å². The number of benzene rings is 3. The van der Waals surface area contributed by atoms with Crippen LogP contribution in [0, 0.1) is 6.92 Å². The number of anilines is 1. The molecule has 0 aliphatic carbocycles. The maximum Gasteiger partial charge on any atom is 0.337 e. The molecule has 35 heavy (non-hydrogen) atoms. The SMILES string of the molecule is COC(=O)c1ccc(C2c3c(oc4ccc5ccccc5c4c3=O)C(=O)N2c2cc(C)on2)cc1. The second-order valence-corrected chi connectivity index (χ2v) is 8.32. The zero-order chi connectivity index (χ0) is 24.3. The molecule has 1 atom stereocenters. The molecule has 3 heterocycles. The molecular weight excluding hydrogens is 448 g/mol. The fourth-order valence-corrected chi connectivity index (χ4v) is 4.67. The molecule has 3 aromatic carbocycles. The lowest BCUT2D eigenvalue weighted by Gasteiger charge is -2.22. The maximum atomic E-state index is 14.0. The van der Waals surface area contributed by atoms with E-state index in [1.54, 1.807) is 43.3 Å². The van der Waals surface area contributed by atoms with Crippen LogP contribution in [0.4, 0.5) is 5.82 Å². The van der Waals surface area contributed by atoms with Crippen LogP contribution < -0.4 is 10.3 Å². The standard InChI is InChI=1S/C27H18N2O6/c1-14-13-20(28-35-14)29-23(16-7-9-17(10-8-16)27(32)33-2)22-24(30)21-18-6-4-3-5-15(18)11-12-19(21)34-25(22)26(29)31/h3-13,23H,1-2H3. The number of carbonyl (C=O) groups excluding carboxylic acids is 2. The lowest BCUT2D eigenvalue weighted by atomic mass is 9.96. The third kappa shape index (κ3) is 3.07. The molecule has 172 valence electrons. The Hall–Kier alpha value is -4.72. The number of carbonyl (C=O) groups is 2. The Labute approximate surface area is 198 Å². The Balaban J connectivity index is 1.64. The molecule has 6 rings (SSSR count). The zero-order valence-corrected chi connectivity index (χ0v) is 18.8. The quantitative estimate of drug-likeness (QED) is 0.278. The van der Waals surface area contributed by atoms with Crippen molar-refractivity contribution in [2.24, 2.45) is 0 Å². The fraction of sp³-hybridized carbons (Fsp3) is 0.111. The molecule has 0 saturated carbocycles. The number of nitrogens with zero attached hydrogens (tertiary/aromatic N) is 2. The molecule has 2 aromatic heterocycles. The highest BCUT2D eigenvalue weighted by Gasteiger charge is 2.45. The van der Waals surface area contributed by atoms with E-state index in [-0.39, 0.29) is 22.6 Å². The minimum absolute atomic E-state index is 0.0412. The van der Waals surface area contributed by atoms with E-state index < -0.39 is 17.9 Å². The summed E-state index contributed by atoms with van der Waals surface area (Å²) in [6.45, 7) is 1.72. The molecule has 0 saturated heterocycles. The van der Waals surface area contributed by atoms with Crippen LogP contribution in [0.5, 0.6) is 0 Å². The van der Waals surface area contributed by atoms with Crippen LogP contribution in [0.25, 0.3) is 21.7 Å². The van der Waals surface area contributed by atoms with Gasteiger partial charge in [-0.1, -0.05) is 47.6 Å². The van der Waals surface area contributed by atoms with Crippen molar-refractivity contribution >= 4 is 39.4 Å². The van der Waals surface area contributed by atoms with Crippen LogP contribution in [0.3, 0.4) is 0 Å². The van der Waals surface area contributed by atoms with Crippen LogP contribution in [-0.4, -0.2) is 24.1 Å². The summed E-state index contributed by atoms with van der Waals surface area (Å²) in [6.07, 6.45) is 0. The van der Waals surface area contributed by atoms with E-state index in [0.29, 0.717) is 27.9 Å². The summed E-state index contributed by atoms with van der Waals surface area (Å²) in [5.41, 5.74) is 1.21. The Bertz CT molecular complexity index is 1710. The lowest BCUT2D eigenvalue weighted by molar-refractivity contribution is 0.0600. The van der Waals surface area contributed by atoms with Gasteiger partial charge >= 0.3 is 5.97 Å². The van der Waals surface area contributed by atoms with Crippen LogP contribution in [-0.2, 0) is 4.74 Å². The molecule has 0 N–H and O–H groups in total. The second kappa shape index (κ2) is 7.66. The minimum atomic E-state index is -0.826. The van der Waals surface area contributed by atoms with E-state index in [4.69, 9.17) is 13.7 Å². The topological polar surface area (TPSA) is 103 Å². The van der Waals surface area contributed by atoms with Gasteiger partial charge in [-0.15, -0.1) is 0 Å². The number of aromatic nitrogens is 1. The number of esters is 1. The summed E-state index contributed by atoms with van der Waals surface area (Å²) < 4.78 is 16.1. The normalized spacial score (nSPS) is 15.1. The number of rotatable bonds is 3. The number of amides is 1. The largest absolute Gasteiger partial charge is 0.465 e. The highest BCUT2D eigenvalue weighted by molar-refractivity contribution is 6.12. The molecular formula is C27H18N2O6. The Morgan fingerprint density at radius 2 is 1.80 bits per heavy atom. The van der Waals surface area contributed by atoms with E-state index >= 15 is 0 Å². The zero-order valence-electron chi connectivity index (χ0n) is 18.8. The first-order valence-corrected chi connectivity index (χ1v) is 10.9. The van der Waals surface area contributed by atoms with E-state index in [2.05, 4.69) is 5.16 Å². The average Bonchev–Trinajstić information content (AvgIpc) is 3.44.